The molecule has 3 rings (SSSR count). The number of sulfonamides is 1. The number of rotatable bonds is 12. The van der Waals surface area contributed by atoms with Gasteiger partial charge in [0.25, 0.3) is 0 Å². The van der Waals surface area contributed by atoms with Crippen molar-refractivity contribution in [2.24, 2.45) is 0 Å². The van der Waals surface area contributed by atoms with Gasteiger partial charge >= 0.3 is 5.97 Å². The molecule has 2 aromatic carbocycles. The summed E-state index contributed by atoms with van der Waals surface area (Å²) in [6.07, 6.45) is 4.69. The van der Waals surface area contributed by atoms with Crippen LogP contribution in [0.5, 0.6) is 0 Å². The van der Waals surface area contributed by atoms with E-state index in [0.29, 0.717) is 10.6 Å². The van der Waals surface area contributed by atoms with E-state index in [1.54, 1.807) is 36.7 Å². The van der Waals surface area contributed by atoms with E-state index in [1.807, 2.05) is 0 Å². The number of carbonyl (C=O) groups is 2. The van der Waals surface area contributed by atoms with E-state index in [0.717, 1.165) is 5.56 Å². The van der Waals surface area contributed by atoms with Crippen LogP contribution in [-0.2, 0) is 38.7 Å². The molecule has 0 bridgehead atoms. The lowest BCUT2D eigenvalue weighted by atomic mass is 10.1. The first-order valence-corrected chi connectivity index (χ1v) is 14.7. The van der Waals surface area contributed by atoms with Crippen molar-refractivity contribution in [3.8, 4) is 0 Å². The number of aromatic nitrogens is 1. The molecule has 1 unspecified atom stereocenters. The topological polar surface area (TPSA) is 134 Å². The van der Waals surface area contributed by atoms with Crippen LogP contribution in [0.3, 0.4) is 0 Å². The van der Waals surface area contributed by atoms with Crippen molar-refractivity contribution in [2.75, 3.05) is 12.0 Å². The van der Waals surface area contributed by atoms with Gasteiger partial charge in [0.2, 0.25) is 15.9 Å². The Bertz CT molecular complexity index is 1350. The van der Waals surface area contributed by atoms with Crippen LogP contribution < -0.4 is 4.72 Å². The zero-order valence-corrected chi connectivity index (χ0v) is 22.3. The molecule has 1 amide bonds. The molecule has 9 nitrogen and oxygen atoms in total. The second-order valence-corrected chi connectivity index (χ2v) is 12.0. The maximum Gasteiger partial charge on any atom is 0.335 e. The van der Waals surface area contributed by atoms with Crippen molar-refractivity contribution in [2.45, 2.75) is 30.4 Å². The normalized spacial score (nSPS) is 13.0. The van der Waals surface area contributed by atoms with Gasteiger partial charge in [-0.1, -0.05) is 29.8 Å². The SMILES string of the molecule is CS(=O)CC[C@H](NS(=O)(=O)c1ccc(Cl)cc1)C(=O)N(Cc1ccc(C(=O)O)cc1)Cc1cccnc1. The third-order valence-electron chi connectivity index (χ3n) is 5.40. The van der Waals surface area contributed by atoms with Crippen molar-refractivity contribution >= 4 is 44.3 Å². The first-order valence-electron chi connectivity index (χ1n) is 11.1. The molecular weight excluding hydrogens is 538 g/mol. The molecule has 0 aliphatic heterocycles. The fourth-order valence-corrected chi connectivity index (χ4v) is 5.42. The van der Waals surface area contributed by atoms with E-state index in [2.05, 4.69) is 9.71 Å². The number of hydrogen-bond donors (Lipinski definition) is 2. The summed E-state index contributed by atoms with van der Waals surface area (Å²) in [6, 6.07) is 13.9. The highest BCUT2D eigenvalue weighted by Crippen LogP contribution is 2.18. The number of halogens is 1. The van der Waals surface area contributed by atoms with Crippen molar-refractivity contribution in [3.63, 3.8) is 0 Å². The molecule has 0 aliphatic carbocycles. The second-order valence-electron chi connectivity index (χ2n) is 8.25. The molecule has 37 heavy (non-hydrogen) atoms. The standard InChI is InChI=1S/C25H26ClN3O6S2/c1-36(33)14-12-23(28-37(34,35)22-10-8-21(26)9-11-22)24(30)29(17-19-3-2-13-27-15-19)16-18-4-6-20(7-5-18)25(31)32/h2-11,13,15,23,28H,12,14,16-17H2,1H3,(H,31,32)/t23-,36?/m0/s1. The number of pyridine rings is 1. The third-order valence-corrected chi connectivity index (χ3v) is 7.95. The zero-order chi connectivity index (χ0) is 27.0. The van der Waals surface area contributed by atoms with Crippen LogP contribution in [0.15, 0.2) is 78.0 Å². The molecular formula is C25H26ClN3O6S2. The Morgan fingerprint density at radius 3 is 2.27 bits per heavy atom. The lowest BCUT2D eigenvalue weighted by Crippen LogP contribution is -2.48. The number of carboxylic acid groups (broad SMARTS) is 1. The Hall–Kier alpha value is -3.12. The van der Waals surface area contributed by atoms with E-state index in [9.17, 15) is 22.2 Å². The monoisotopic (exact) mass is 563 g/mol. The van der Waals surface area contributed by atoms with Crippen molar-refractivity contribution in [1.82, 2.24) is 14.6 Å². The number of aromatic carboxylic acids is 1. The van der Waals surface area contributed by atoms with E-state index in [4.69, 9.17) is 16.7 Å². The summed E-state index contributed by atoms with van der Waals surface area (Å²) >= 11 is 5.88. The molecule has 1 heterocycles. The molecule has 2 atom stereocenters. The van der Waals surface area contributed by atoms with Gasteiger partial charge in [0.15, 0.2) is 0 Å². The van der Waals surface area contributed by atoms with Crippen molar-refractivity contribution in [1.29, 1.82) is 0 Å². The Labute approximate surface area is 223 Å². The quantitative estimate of drug-likeness (QED) is 0.346. The summed E-state index contributed by atoms with van der Waals surface area (Å²) in [5, 5.41) is 9.53. The first kappa shape index (κ1) is 28.5. The van der Waals surface area contributed by atoms with E-state index in [-0.39, 0.29) is 35.7 Å². The predicted octanol–water partition coefficient (Wildman–Crippen LogP) is 3.08. The third kappa shape index (κ3) is 8.46. The van der Waals surface area contributed by atoms with Crippen LogP contribution in [0.2, 0.25) is 5.02 Å². The highest BCUT2D eigenvalue weighted by molar-refractivity contribution is 7.89. The number of benzene rings is 2. The summed E-state index contributed by atoms with van der Waals surface area (Å²) < 4.78 is 40.4. The van der Waals surface area contributed by atoms with Crippen molar-refractivity contribution < 1.29 is 27.3 Å². The van der Waals surface area contributed by atoms with Gasteiger partial charge in [0, 0.05) is 53.3 Å². The predicted molar refractivity (Wildman–Crippen MR) is 141 cm³/mol. The van der Waals surface area contributed by atoms with E-state index < -0.39 is 38.7 Å². The smallest absolute Gasteiger partial charge is 0.335 e. The van der Waals surface area contributed by atoms with Gasteiger partial charge in [-0.15, -0.1) is 0 Å². The lowest BCUT2D eigenvalue weighted by molar-refractivity contribution is -0.134. The number of nitrogens with one attached hydrogen (secondary N) is 1. The number of carbonyl (C=O) groups excluding carboxylic acids is 1. The largest absolute Gasteiger partial charge is 0.478 e. The van der Waals surface area contributed by atoms with E-state index >= 15 is 0 Å². The van der Waals surface area contributed by atoms with Crippen LogP contribution in [-0.4, -0.2) is 57.5 Å². The first-order chi connectivity index (χ1) is 17.5. The highest BCUT2D eigenvalue weighted by Gasteiger charge is 2.30. The van der Waals surface area contributed by atoms with Gasteiger partial charge in [0.05, 0.1) is 10.5 Å². The van der Waals surface area contributed by atoms with Crippen molar-refractivity contribution in [3.05, 3.63) is 94.8 Å². The molecule has 12 heteroatoms. The molecule has 0 spiro atoms. The molecule has 0 saturated carbocycles. The summed E-state index contributed by atoms with van der Waals surface area (Å²) in [4.78, 5) is 30.4. The van der Waals surface area contributed by atoms with Crippen LogP contribution >= 0.6 is 11.6 Å². The molecule has 0 aliphatic rings. The van der Waals surface area contributed by atoms with Gasteiger partial charge in [-0.05, 0) is 60.0 Å². The Kier molecular flexibility index (Phi) is 9.93. The number of nitrogens with zero attached hydrogens (tertiary/aromatic N) is 2. The van der Waals surface area contributed by atoms with Gasteiger partial charge in [-0.25, -0.2) is 13.2 Å². The minimum Gasteiger partial charge on any atom is -0.478 e. The average Bonchev–Trinajstić information content (AvgIpc) is 2.87. The lowest BCUT2D eigenvalue weighted by Gasteiger charge is -2.28. The summed E-state index contributed by atoms with van der Waals surface area (Å²) in [5.74, 6) is -1.48. The van der Waals surface area contributed by atoms with Crippen LogP contribution in [0.4, 0.5) is 0 Å². The number of hydrogen-bond acceptors (Lipinski definition) is 6. The number of carboxylic acids is 1. The summed E-state index contributed by atoms with van der Waals surface area (Å²) in [7, 11) is -5.36. The maximum atomic E-state index is 13.8. The van der Waals surface area contributed by atoms with Gasteiger partial charge in [-0.2, -0.15) is 4.72 Å². The molecule has 1 aromatic heterocycles. The molecule has 0 fully saturated rings. The Balaban J connectivity index is 1.92. The summed E-state index contributed by atoms with van der Waals surface area (Å²) in [5.41, 5.74) is 1.48. The Morgan fingerprint density at radius 2 is 1.70 bits per heavy atom. The molecule has 0 radical (unpaired) electrons. The molecule has 196 valence electrons. The molecule has 0 saturated heterocycles. The fourth-order valence-electron chi connectivity index (χ4n) is 3.50. The summed E-state index contributed by atoms with van der Waals surface area (Å²) in [6.45, 7) is 0.212. The maximum absolute atomic E-state index is 13.8. The Morgan fingerprint density at radius 1 is 1.05 bits per heavy atom. The fraction of sp³-hybridized carbons (Fsp3) is 0.240. The zero-order valence-electron chi connectivity index (χ0n) is 19.9. The minimum absolute atomic E-state index is 0.0102. The average molecular weight is 564 g/mol. The van der Waals surface area contributed by atoms with Gasteiger partial charge in [-0.3, -0.25) is 14.0 Å². The van der Waals surface area contributed by atoms with Crippen LogP contribution in [0.1, 0.15) is 27.9 Å². The van der Waals surface area contributed by atoms with Crippen LogP contribution in [0, 0.1) is 0 Å². The second kappa shape index (κ2) is 12.9. The highest BCUT2D eigenvalue weighted by atomic mass is 35.5. The number of amides is 1. The van der Waals surface area contributed by atoms with Gasteiger partial charge < -0.3 is 10.0 Å². The minimum atomic E-state index is -4.10. The van der Waals surface area contributed by atoms with Gasteiger partial charge in [0.1, 0.15) is 6.04 Å². The van der Waals surface area contributed by atoms with Crippen LogP contribution in [0.25, 0.3) is 0 Å². The molecule has 2 N–H and O–H groups in total. The molecule has 3 aromatic rings. The van der Waals surface area contributed by atoms with E-state index in [1.165, 1.54) is 47.6 Å².